The number of imidazole rings is 1. The zero-order valence-electron chi connectivity index (χ0n) is 19.3. The quantitative estimate of drug-likeness (QED) is 0.428. The zero-order chi connectivity index (χ0) is 24.4. The summed E-state index contributed by atoms with van der Waals surface area (Å²) in [6.45, 7) is 1.18. The lowest BCUT2D eigenvalue weighted by atomic mass is 9.94. The third-order valence-corrected chi connectivity index (χ3v) is 8.08. The van der Waals surface area contributed by atoms with E-state index in [4.69, 9.17) is 0 Å². The van der Waals surface area contributed by atoms with Crippen molar-refractivity contribution >= 4 is 10.0 Å². The van der Waals surface area contributed by atoms with Gasteiger partial charge in [-0.15, -0.1) is 0 Å². The average Bonchev–Trinajstić information content (AvgIpc) is 3.51. The molecule has 0 radical (unpaired) electrons. The predicted octanol–water partition coefficient (Wildman–Crippen LogP) is 3.57. The number of pyridine rings is 1. The van der Waals surface area contributed by atoms with Gasteiger partial charge in [-0.05, 0) is 41.5 Å². The molecule has 1 saturated heterocycles. The van der Waals surface area contributed by atoms with Crippen molar-refractivity contribution in [3.8, 4) is 11.3 Å². The SMILES string of the molecule is Cn1cnc(S(=O)(=O)N2CC(NCc3cccnc3-c3ccc(F)cc3)C(c3ccccc3)C2)c1. The number of halogens is 1. The molecule has 1 aliphatic rings. The summed E-state index contributed by atoms with van der Waals surface area (Å²) in [5, 5.41) is 3.63. The van der Waals surface area contributed by atoms with Gasteiger partial charge in [-0.3, -0.25) is 4.98 Å². The summed E-state index contributed by atoms with van der Waals surface area (Å²) in [6.07, 6.45) is 4.73. The van der Waals surface area contributed by atoms with Crippen LogP contribution in [0, 0.1) is 5.82 Å². The summed E-state index contributed by atoms with van der Waals surface area (Å²) in [5.41, 5.74) is 3.63. The van der Waals surface area contributed by atoms with Gasteiger partial charge in [0.25, 0.3) is 10.0 Å². The van der Waals surface area contributed by atoms with Gasteiger partial charge in [-0.1, -0.05) is 36.4 Å². The van der Waals surface area contributed by atoms with Crippen molar-refractivity contribution in [3.63, 3.8) is 0 Å². The number of aromatic nitrogens is 3. The molecule has 2 atom stereocenters. The molecule has 4 aromatic rings. The Morgan fingerprint density at radius 3 is 2.49 bits per heavy atom. The number of benzene rings is 2. The summed E-state index contributed by atoms with van der Waals surface area (Å²) in [4.78, 5) is 8.60. The van der Waals surface area contributed by atoms with E-state index in [9.17, 15) is 12.8 Å². The number of nitrogens with one attached hydrogen (secondary N) is 1. The molecule has 1 N–H and O–H groups in total. The molecule has 7 nitrogen and oxygen atoms in total. The molecule has 2 unspecified atom stereocenters. The number of sulfonamides is 1. The summed E-state index contributed by atoms with van der Waals surface area (Å²) in [5.74, 6) is -0.323. The van der Waals surface area contributed by atoms with Gasteiger partial charge >= 0.3 is 0 Å². The highest BCUT2D eigenvalue weighted by molar-refractivity contribution is 7.89. The van der Waals surface area contributed by atoms with Crippen LogP contribution in [0.1, 0.15) is 17.0 Å². The van der Waals surface area contributed by atoms with Crippen molar-refractivity contribution in [2.75, 3.05) is 13.1 Å². The van der Waals surface area contributed by atoms with E-state index in [0.29, 0.717) is 19.6 Å². The number of hydrogen-bond donors (Lipinski definition) is 1. The Hall–Kier alpha value is -3.40. The largest absolute Gasteiger partial charge is 0.339 e. The Bertz CT molecular complexity index is 1410. The summed E-state index contributed by atoms with van der Waals surface area (Å²) in [6, 6.07) is 20.0. The second-order valence-corrected chi connectivity index (χ2v) is 10.6. The van der Waals surface area contributed by atoms with Crippen molar-refractivity contribution in [1.29, 1.82) is 0 Å². The molecule has 3 heterocycles. The first kappa shape index (κ1) is 23.3. The minimum absolute atomic E-state index is 0.0272. The molecule has 0 aliphatic carbocycles. The molecule has 0 saturated carbocycles. The van der Waals surface area contributed by atoms with E-state index in [1.807, 2.05) is 42.5 Å². The molecule has 2 aromatic carbocycles. The van der Waals surface area contributed by atoms with Gasteiger partial charge in [0.15, 0.2) is 5.03 Å². The van der Waals surface area contributed by atoms with Gasteiger partial charge in [0.2, 0.25) is 0 Å². The van der Waals surface area contributed by atoms with Crippen LogP contribution in [0.2, 0.25) is 0 Å². The van der Waals surface area contributed by atoms with E-state index in [1.54, 1.807) is 29.9 Å². The Morgan fingerprint density at radius 1 is 1.00 bits per heavy atom. The standard InChI is InChI=1S/C26H26FN5O2S/c1-31-17-25(30-18-31)35(33,34)32-15-23(19-6-3-2-4-7-19)24(16-32)29-14-21-8-5-13-28-26(21)20-9-11-22(27)12-10-20/h2-13,17-18,23-24,29H,14-16H2,1H3. The fourth-order valence-electron chi connectivity index (χ4n) is 4.55. The molecule has 1 fully saturated rings. The van der Waals surface area contributed by atoms with Crippen LogP contribution in [0.3, 0.4) is 0 Å². The topological polar surface area (TPSA) is 80.1 Å². The maximum Gasteiger partial charge on any atom is 0.262 e. The molecule has 0 bridgehead atoms. The molecular formula is C26H26FN5O2S. The van der Waals surface area contributed by atoms with Crippen LogP contribution in [0.5, 0.6) is 0 Å². The molecule has 9 heteroatoms. The second kappa shape index (κ2) is 9.69. The number of hydrogen-bond acceptors (Lipinski definition) is 5. The number of nitrogens with zero attached hydrogens (tertiary/aromatic N) is 4. The van der Waals surface area contributed by atoms with Crippen molar-refractivity contribution in [3.05, 3.63) is 102 Å². The van der Waals surface area contributed by atoms with Crippen LogP contribution in [0.4, 0.5) is 4.39 Å². The maximum absolute atomic E-state index is 13.4. The normalized spacial score (nSPS) is 18.7. The van der Waals surface area contributed by atoms with Crippen molar-refractivity contribution < 1.29 is 12.8 Å². The van der Waals surface area contributed by atoms with Gasteiger partial charge in [0.05, 0.1) is 12.0 Å². The lowest BCUT2D eigenvalue weighted by Crippen LogP contribution is -2.36. The minimum Gasteiger partial charge on any atom is -0.339 e. The molecule has 2 aromatic heterocycles. The average molecular weight is 492 g/mol. The Kier molecular flexibility index (Phi) is 6.46. The Balaban J connectivity index is 1.41. The van der Waals surface area contributed by atoms with Crippen molar-refractivity contribution in [1.82, 2.24) is 24.2 Å². The van der Waals surface area contributed by atoms with Crippen LogP contribution in [0.15, 0.2) is 90.5 Å². The molecule has 180 valence electrons. The number of aryl methyl sites for hydroxylation is 1. The van der Waals surface area contributed by atoms with Crippen LogP contribution in [0.25, 0.3) is 11.3 Å². The molecule has 0 amide bonds. The van der Waals surface area contributed by atoms with Crippen molar-refractivity contribution in [2.45, 2.75) is 23.5 Å². The van der Waals surface area contributed by atoms with Crippen molar-refractivity contribution in [2.24, 2.45) is 7.05 Å². The molecule has 5 rings (SSSR count). The Labute approximate surface area is 204 Å². The molecule has 0 spiro atoms. The van der Waals surface area contributed by atoms with Crippen LogP contribution in [-0.2, 0) is 23.6 Å². The monoisotopic (exact) mass is 491 g/mol. The van der Waals surface area contributed by atoms with Gasteiger partial charge < -0.3 is 9.88 Å². The van der Waals surface area contributed by atoms with E-state index in [2.05, 4.69) is 15.3 Å². The summed E-state index contributed by atoms with van der Waals surface area (Å²) >= 11 is 0. The van der Waals surface area contributed by atoms with E-state index in [-0.39, 0.29) is 22.8 Å². The van der Waals surface area contributed by atoms with E-state index >= 15 is 0 Å². The van der Waals surface area contributed by atoms with Gasteiger partial charge in [0, 0.05) is 56.6 Å². The van der Waals surface area contributed by atoms with Gasteiger partial charge in [-0.25, -0.2) is 17.8 Å². The first-order valence-corrected chi connectivity index (χ1v) is 12.8. The predicted molar refractivity (Wildman–Crippen MR) is 131 cm³/mol. The van der Waals surface area contributed by atoms with E-state index < -0.39 is 10.0 Å². The molecule has 1 aliphatic heterocycles. The van der Waals surface area contributed by atoms with E-state index in [1.165, 1.54) is 29.0 Å². The third-order valence-electron chi connectivity index (χ3n) is 6.36. The summed E-state index contributed by atoms with van der Waals surface area (Å²) in [7, 11) is -1.97. The lowest BCUT2D eigenvalue weighted by molar-refractivity contribution is 0.454. The summed E-state index contributed by atoms with van der Waals surface area (Å²) < 4.78 is 43.2. The van der Waals surface area contributed by atoms with Gasteiger partial charge in [-0.2, -0.15) is 4.31 Å². The highest BCUT2D eigenvalue weighted by Gasteiger charge is 2.40. The second-order valence-electron chi connectivity index (χ2n) is 8.72. The van der Waals surface area contributed by atoms with Crippen LogP contribution in [-0.4, -0.2) is 46.4 Å². The molecular weight excluding hydrogens is 465 g/mol. The van der Waals surface area contributed by atoms with Crippen LogP contribution >= 0.6 is 0 Å². The maximum atomic E-state index is 13.4. The van der Waals surface area contributed by atoms with Crippen LogP contribution < -0.4 is 5.32 Å². The molecule has 35 heavy (non-hydrogen) atoms. The van der Waals surface area contributed by atoms with E-state index in [0.717, 1.165) is 22.4 Å². The first-order valence-electron chi connectivity index (χ1n) is 11.4. The fraction of sp³-hybridized carbons (Fsp3) is 0.231. The fourth-order valence-corrected chi connectivity index (χ4v) is 6.01. The lowest BCUT2D eigenvalue weighted by Gasteiger charge is -2.21. The highest BCUT2D eigenvalue weighted by Crippen LogP contribution is 2.32. The minimum atomic E-state index is -3.72. The first-order chi connectivity index (χ1) is 16.9. The zero-order valence-corrected chi connectivity index (χ0v) is 20.1. The third kappa shape index (κ3) is 4.88. The van der Waals surface area contributed by atoms with Gasteiger partial charge in [0.1, 0.15) is 5.82 Å². The Morgan fingerprint density at radius 2 is 1.77 bits per heavy atom. The smallest absolute Gasteiger partial charge is 0.262 e. The highest BCUT2D eigenvalue weighted by atomic mass is 32.2. The number of rotatable bonds is 7.